The number of fused-ring (bicyclic) bond motifs is 1. The van der Waals surface area contributed by atoms with E-state index >= 15 is 0 Å². The Morgan fingerprint density at radius 3 is 2.65 bits per heavy atom. The van der Waals surface area contributed by atoms with Gasteiger partial charge >= 0.3 is 0 Å². The van der Waals surface area contributed by atoms with Crippen LogP contribution in [0.2, 0.25) is 0 Å². The number of hydrogen-bond acceptors (Lipinski definition) is 1. The fraction of sp³-hybridized carbons (Fsp3) is 0.385. The minimum Gasteiger partial charge on any atom is -0.350 e. The van der Waals surface area contributed by atoms with E-state index in [4.69, 9.17) is 5.73 Å². The minimum atomic E-state index is -2.67. The number of halogens is 2. The van der Waals surface area contributed by atoms with E-state index in [1.165, 1.54) is 0 Å². The zero-order chi connectivity index (χ0) is 12.3. The van der Waals surface area contributed by atoms with Crippen molar-refractivity contribution in [2.24, 2.45) is 12.8 Å². The smallest absolute Gasteiger partial charge is 0.260 e. The van der Waals surface area contributed by atoms with Crippen LogP contribution in [0.3, 0.4) is 0 Å². The lowest BCUT2D eigenvalue weighted by molar-refractivity contribution is 0.0899. The maximum Gasteiger partial charge on any atom is 0.260 e. The van der Waals surface area contributed by atoms with Crippen molar-refractivity contribution >= 4 is 10.9 Å². The van der Waals surface area contributed by atoms with Crippen LogP contribution in [0.25, 0.3) is 10.9 Å². The molecule has 90 valence electrons. The van der Waals surface area contributed by atoms with Crippen molar-refractivity contribution in [1.29, 1.82) is 0 Å². The Bertz CT molecular complexity index is 588. The molecule has 3 rings (SSSR count). The predicted octanol–water partition coefficient (Wildman–Crippen LogP) is 2.41. The van der Waals surface area contributed by atoms with Gasteiger partial charge in [0, 0.05) is 26.2 Å². The molecule has 2 aromatic rings. The number of nitrogens with two attached hydrogens (primary N) is 1. The topological polar surface area (TPSA) is 30.9 Å². The Balaban J connectivity index is 2.28. The molecule has 1 aliphatic carbocycles. The molecule has 1 heterocycles. The van der Waals surface area contributed by atoms with Crippen molar-refractivity contribution in [2.75, 3.05) is 6.54 Å². The predicted molar refractivity (Wildman–Crippen MR) is 63.2 cm³/mol. The summed E-state index contributed by atoms with van der Waals surface area (Å²) in [7, 11) is 1.87. The summed E-state index contributed by atoms with van der Waals surface area (Å²) in [5.41, 5.74) is 5.99. The van der Waals surface area contributed by atoms with Crippen molar-refractivity contribution in [3.63, 3.8) is 0 Å². The van der Waals surface area contributed by atoms with Gasteiger partial charge in [0.2, 0.25) is 0 Å². The molecule has 0 saturated heterocycles. The summed E-state index contributed by atoms with van der Waals surface area (Å²) in [6, 6.07) is 7.47. The van der Waals surface area contributed by atoms with E-state index < -0.39 is 11.3 Å². The number of nitrogens with zero attached hydrogens (tertiary/aromatic N) is 1. The lowest BCUT2D eigenvalue weighted by atomic mass is 9.93. The third kappa shape index (κ3) is 1.21. The fourth-order valence-corrected chi connectivity index (χ4v) is 2.70. The number of benzene rings is 1. The summed E-state index contributed by atoms with van der Waals surface area (Å²) in [5, 5.41) is 0.987. The van der Waals surface area contributed by atoms with Crippen LogP contribution in [-0.2, 0) is 12.5 Å². The standard InChI is InChI=1S/C13H14F2N2/c1-17-6-5-9-3-2-4-10(11(9)17)12(8-16)7-13(12,14)15/h2-6H,7-8,16H2,1H3. The maximum atomic E-state index is 13.6. The van der Waals surface area contributed by atoms with E-state index in [9.17, 15) is 8.78 Å². The van der Waals surface area contributed by atoms with Gasteiger partial charge in [-0.25, -0.2) is 8.78 Å². The minimum absolute atomic E-state index is 0.00963. The molecule has 1 fully saturated rings. The molecule has 2 nitrogen and oxygen atoms in total. The monoisotopic (exact) mass is 236 g/mol. The van der Waals surface area contributed by atoms with Gasteiger partial charge in [0.15, 0.2) is 0 Å². The first-order valence-electron chi connectivity index (χ1n) is 5.64. The van der Waals surface area contributed by atoms with Gasteiger partial charge in [0.05, 0.1) is 10.9 Å². The average Bonchev–Trinajstić information content (AvgIpc) is 2.67. The van der Waals surface area contributed by atoms with Crippen LogP contribution in [0, 0.1) is 0 Å². The first-order valence-corrected chi connectivity index (χ1v) is 5.64. The quantitative estimate of drug-likeness (QED) is 0.853. The van der Waals surface area contributed by atoms with Crippen LogP contribution < -0.4 is 5.73 Å². The second-order valence-corrected chi connectivity index (χ2v) is 4.84. The van der Waals surface area contributed by atoms with Crippen molar-refractivity contribution in [1.82, 2.24) is 4.57 Å². The number of aryl methyl sites for hydroxylation is 1. The SMILES string of the molecule is Cn1ccc2cccc(C3(CN)CC3(F)F)c21. The molecule has 0 aliphatic heterocycles. The summed E-state index contributed by atoms with van der Waals surface area (Å²) in [4.78, 5) is 0. The van der Waals surface area contributed by atoms with E-state index in [1.54, 1.807) is 6.07 Å². The zero-order valence-electron chi connectivity index (χ0n) is 9.58. The van der Waals surface area contributed by atoms with Crippen LogP contribution in [0.5, 0.6) is 0 Å². The van der Waals surface area contributed by atoms with Crippen molar-refractivity contribution in [3.05, 3.63) is 36.0 Å². The molecular formula is C13H14F2N2. The van der Waals surface area contributed by atoms with Gasteiger partial charge in [-0.05, 0) is 17.0 Å². The van der Waals surface area contributed by atoms with Gasteiger partial charge in [0.1, 0.15) is 0 Å². The Labute approximate surface area is 98.0 Å². The van der Waals surface area contributed by atoms with Gasteiger partial charge in [0.25, 0.3) is 5.92 Å². The molecular weight excluding hydrogens is 222 g/mol. The lowest BCUT2D eigenvalue weighted by Gasteiger charge is -2.16. The molecule has 1 saturated carbocycles. The van der Waals surface area contributed by atoms with Crippen LogP contribution in [0.1, 0.15) is 12.0 Å². The molecule has 4 heteroatoms. The van der Waals surface area contributed by atoms with E-state index in [1.807, 2.05) is 36.0 Å². The summed E-state index contributed by atoms with van der Waals surface area (Å²) < 4.78 is 29.1. The fourth-order valence-electron chi connectivity index (χ4n) is 2.70. The Morgan fingerprint density at radius 1 is 1.35 bits per heavy atom. The van der Waals surface area contributed by atoms with Crippen LogP contribution in [0.4, 0.5) is 8.78 Å². The molecule has 1 atom stereocenters. The van der Waals surface area contributed by atoms with Crippen LogP contribution in [-0.4, -0.2) is 17.0 Å². The van der Waals surface area contributed by atoms with E-state index in [2.05, 4.69) is 0 Å². The lowest BCUT2D eigenvalue weighted by Crippen LogP contribution is -2.27. The Kier molecular flexibility index (Phi) is 1.94. The highest BCUT2D eigenvalue weighted by molar-refractivity contribution is 5.85. The summed E-state index contributed by atoms with van der Waals surface area (Å²) in [6.07, 6.45) is 1.75. The molecule has 0 spiro atoms. The van der Waals surface area contributed by atoms with Crippen molar-refractivity contribution in [2.45, 2.75) is 17.8 Å². The Morgan fingerprint density at radius 2 is 2.06 bits per heavy atom. The third-order valence-corrected chi connectivity index (χ3v) is 3.86. The van der Waals surface area contributed by atoms with E-state index in [-0.39, 0.29) is 13.0 Å². The number of para-hydroxylation sites is 1. The molecule has 0 amide bonds. The number of alkyl halides is 2. The second-order valence-electron chi connectivity index (χ2n) is 4.84. The Hall–Kier alpha value is -1.42. The number of hydrogen-bond donors (Lipinski definition) is 1. The van der Waals surface area contributed by atoms with Crippen molar-refractivity contribution < 1.29 is 8.78 Å². The molecule has 1 aromatic carbocycles. The second kappa shape index (κ2) is 3.07. The van der Waals surface area contributed by atoms with E-state index in [0.717, 1.165) is 10.9 Å². The van der Waals surface area contributed by atoms with Gasteiger partial charge in [-0.15, -0.1) is 0 Å². The molecule has 0 radical (unpaired) electrons. The largest absolute Gasteiger partial charge is 0.350 e. The number of rotatable bonds is 2. The highest BCUT2D eigenvalue weighted by Crippen LogP contribution is 2.61. The normalized spacial score (nSPS) is 26.4. The average molecular weight is 236 g/mol. The highest BCUT2D eigenvalue weighted by Gasteiger charge is 2.71. The first-order chi connectivity index (χ1) is 8.02. The van der Waals surface area contributed by atoms with Gasteiger partial charge < -0.3 is 10.3 Å². The zero-order valence-corrected chi connectivity index (χ0v) is 9.58. The van der Waals surface area contributed by atoms with Gasteiger partial charge in [-0.3, -0.25) is 0 Å². The molecule has 17 heavy (non-hydrogen) atoms. The third-order valence-electron chi connectivity index (χ3n) is 3.86. The van der Waals surface area contributed by atoms with E-state index in [0.29, 0.717) is 5.56 Å². The molecule has 1 aromatic heterocycles. The molecule has 2 N–H and O–H groups in total. The highest BCUT2D eigenvalue weighted by atomic mass is 19.3. The van der Waals surface area contributed by atoms with Crippen LogP contribution in [0.15, 0.2) is 30.5 Å². The molecule has 1 aliphatic rings. The maximum absolute atomic E-state index is 13.6. The van der Waals surface area contributed by atoms with Gasteiger partial charge in [-0.2, -0.15) is 0 Å². The molecule has 0 bridgehead atoms. The van der Waals surface area contributed by atoms with Crippen molar-refractivity contribution in [3.8, 4) is 0 Å². The van der Waals surface area contributed by atoms with Gasteiger partial charge in [-0.1, -0.05) is 18.2 Å². The first kappa shape index (κ1) is 10.7. The summed E-state index contributed by atoms with van der Waals surface area (Å²) >= 11 is 0. The van der Waals surface area contributed by atoms with Crippen LogP contribution >= 0.6 is 0 Å². The molecule has 1 unspecified atom stereocenters. The summed E-state index contributed by atoms with van der Waals surface area (Å²) in [6.45, 7) is -0.00963. The number of aromatic nitrogens is 1. The summed E-state index contributed by atoms with van der Waals surface area (Å²) in [5.74, 6) is -2.67.